The van der Waals surface area contributed by atoms with Crippen molar-refractivity contribution in [3.8, 4) is 0 Å². The second-order valence-electron chi connectivity index (χ2n) is 3.29. The van der Waals surface area contributed by atoms with Crippen LogP contribution in [-0.4, -0.2) is 58.2 Å². The van der Waals surface area contributed by atoms with Crippen molar-refractivity contribution in [2.75, 3.05) is 33.6 Å². The van der Waals surface area contributed by atoms with E-state index in [2.05, 4.69) is 9.47 Å². The number of rotatable bonds is 7. The fourth-order valence-electron chi connectivity index (χ4n) is 0.960. The van der Waals surface area contributed by atoms with Gasteiger partial charge >= 0.3 is 11.9 Å². The lowest BCUT2D eigenvalue weighted by Crippen LogP contribution is -2.32. The largest absolute Gasteiger partial charge is 0.469 e. The molecule has 0 aromatic carbocycles. The third-order valence-corrected chi connectivity index (χ3v) is 3.98. The van der Waals surface area contributed by atoms with Crippen LogP contribution in [0.1, 0.15) is 12.8 Å². The van der Waals surface area contributed by atoms with Gasteiger partial charge in [-0.15, -0.1) is 0 Å². The lowest BCUT2D eigenvalue weighted by molar-refractivity contribution is -0.141. The van der Waals surface area contributed by atoms with E-state index in [9.17, 15) is 18.0 Å². The first-order valence-corrected chi connectivity index (χ1v) is 6.52. The molecular formula is C9H17NO6S. The average molecular weight is 267 g/mol. The Morgan fingerprint density at radius 1 is 1.06 bits per heavy atom. The van der Waals surface area contributed by atoms with Gasteiger partial charge in [0, 0.05) is 13.6 Å². The number of carbonyl (C=O) groups is 2. The zero-order valence-corrected chi connectivity index (χ0v) is 10.9. The van der Waals surface area contributed by atoms with Crippen molar-refractivity contribution in [2.45, 2.75) is 12.8 Å². The van der Waals surface area contributed by atoms with Crippen molar-refractivity contribution in [1.82, 2.24) is 4.31 Å². The molecule has 17 heavy (non-hydrogen) atoms. The third-order valence-electron chi connectivity index (χ3n) is 2.13. The van der Waals surface area contributed by atoms with E-state index >= 15 is 0 Å². The average Bonchev–Trinajstić information content (AvgIpc) is 2.32. The summed E-state index contributed by atoms with van der Waals surface area (Å²) in [5, 5.41) is 0. The minimum Gasteiger partial charge on any atom is -0.469 e. The molecule has 8 heteroatoms. The molecule has 0 aromatic heterocycles. The van der Waals surface area contributed by atoms with Gasteiger partial charge in [0.2, 0.25) is 10.0 Å². The van der Waals surface area contributed by atoms with E-state index in [0.29, 0.717) is 0 Å². The molecule has 0 aliphatic heterocycles. The lowest BCUT2D eigenvalue weighted by Gasteiger charge is -2.15. The predicted molar refractivity (Wildman–Crippen MR) is 59.7 cm³/mol. The fourth-order valence-corrected chi connectivity index (χ4v) is 2.07. The van der Waals surface area contributed by atoms with Crippen LogP contribution in [0.5, 0.6) is 0 Å². The molecular weight excluding hydrogens is 250 g/mol. The van der Waals surface area contributed by atoms with Crippen molar-refractivity contribution in [2.24, 2.45) is 0 Å². The van der Waals surface area contributed by atoms with Crippen molar-refractivity contribution in [3.05, 3.63) is 0 Å². The van der Waals surface area contributed by atoms with E-state index in [0.717, 1.165) is 4.31 Å². The summed E-state index contributed by atoms with van der Waals surface area (Å²) >= 11 is 0. The molecule has 0 amide bonds. The molecule has 0 aliphatic rings. The van der Waals surface area contributed by atoms with Gasteiger partial charge in [-0.2, -0.15) is 0 Å². The first-order chi connectivity index (χ1) is 7.83. The molecule has 0 saturated carbocycles. The Balaban J connectivity index is 4.21. The van der Waals surface area contributed by atoms with Crippen LogP contribution in [0, 0.1) is 0 Å². The normalized spacial score (nSPS) is 11.3. The highest BCUT2D eigenvalue weighted by Gasteiger charge is 2.20. The third kappa shape index (κ3) is 6.22. The summed E-state index contributed by atoms with van der Waals surface area (Å²) in [6, 6.07) is 0. The first-order valence-electron chi connectivity index (χ1n) is 4.91. The molecule has 0 radical (unpaired) electrons. The molecule has 0 aliphatic carbocycles. The summed E-state index contributed by atoms with van der Waals surface area (Å²) in [6.07, 6.45) is -0.230. The van der Waals surface area contributed by atoms with E-state index in [4.69, 9.17) is 0 Å². The van der Waals surface area contributed by atoms with E-state index in [1.54, 1.807) is 0 Å². The molecule has 0 saturated heterocycles. The molecule has 0 bridgehead atoms. The molecule has 0 spiro atoms. The summed E-state index contributed by atoms with van der Waals surface area (Å²) in [5.41, 5.74) is 0. The minimum atomic E-state index is -3.54. The van der Waals surface area contributed by atoms with Crippen molar-refractivity contribution in [1.29, 1.82) is 0 Å². The van der Waals surface area contributed by atoms with Crippen LogP contribution in [0.25, 0.3) is 0 Å². The van der Waals surface area contributed by atoms with E-state index < -0.39 is 22.0 Å². The number of sulfonamides is 1. The second-order valence-corrected chi connectivity index (χ2v) is 5.49. The zero-order valence-electron chi connectivity index (χ0n) is 10.1. The maximum absolute atomic E-state index is 11.6. The van der Waals surface area contributed by atoms with Gasteiger partial charge < -0.3 is 9.47 Å². The van der Waals surface area contributed by atoms with Crippen molar-refractivity contribution >= 4 is 22.0 Å². The number of hydrogen-bond acceptors (Lipinski definition) is 6. The van der Waals surface area contributed by atoms with Crippen LogP contribution in [0.4, 0.5) is 0 Å². The van der Waals surface area contributed by atoms with E-state index in [1.165, 1.54) is 21.3 Å². The fraction of sp³-hybridized carbons (Fsp3) is 0.778. The summed E-state index contributed by atoms with van der Waals surface area (Å²) in [5.74, 6) is -1.41. The quantitative estimate of drug-likeness (QED) is 0.571. The Labute approximate surface area is 101 Å². The Morgan fingerprint density at radius 3 is 2.00 bits per heavy atom. The zero-order chi connectivity index (χ0) is 13.5. The lowest BCUT2D eigenvalue weighted by atomic mass is 10.4. The maximum Gasteiger partial charge on any atom is 0.306 e. The molecule has 7 nitrogen and oxygen atoms in total. The Hall–Kier alpha value is -1.15. The molecule has 0 N–H and O–H groups in total. The Kier molecular flexibility index (Phi) is 6.74. The summed E-state index contributed by atoms with van der Waals surface area (Å²) in [6.45, 7) is 0.0240. The highest BCUT2D eigenvalue weighted by molar-refractivity contribution is 7.89. The van der Waals surface area contributed by atoms with Gasteiger partial charge in [-0.1, -0.05) is 0 Å². The summed E-state index contributed by atoms with van der Waals surface area (Å²) in [7, 11) is 0.219. The predicted octanol–water partition coefficient (Wildman–Crippen LogP) is -0.626. The second kappa shape index (κ2) is 7.23. The van der Waals surface area contributed by atoms with Gasteiger partial charge in [0.1, 0.15) is 0 Å². The number of ether oxygens (including phenoxy) is 2. The summed E-state index contributed by atoms with van der Waals surface area (Å²) in [4.78, 5) is 21.7. The van der Waals surface area contributed by atoms with Crippen LogP contribution in [0.3, 0.4) is 0 Å². The van der Waals surface area contributed by atoms with Gasteiger partial charge in [-0.25, -0.2) is 12.7 Å². The Bertz CT molecular complexity index is 364. The molecule has 0 atom stereocenters. The maximum atomic E-state index is 11.6. The number of hydrogen-bond donors (Lipinski definition) is 0. The van der Waals surface area contributed by atoms with Gasteiger partial charge in [-0.05, 0) is 0 Å². The van der Waals surface area contributed by atoms with Crippen LogP contribution < -0.4 is 0 Å². The van der Waals surface area contributed by atoms with Gasteiger partial charge in [0.25, 0.3) is 0 Å². The molecule has 0 rings (SSSR count). The number of esters is 2. The van der Waals surface area contributed by atoms with Crippen LogP contribution in [0.2, 0.25) is 0 Å². The topological polar surface area (TPSA) is 90.0 Å². The number of methoxy groups -OCH3 is 2. The monoisotopic (exact) mass is 267 g/mol. The van der Waals surface area contributed by atoms with Crippen molar-refractivity contribution in [3.63, 3.8) is 0 Å². The number of carbonyl (C=O) groups excluding carboxylic acids is 2. The van der Waals surface area contributed by atoms with Crippen LogP contribution >= 0.6 is 0 Å². The van der Waals surface area contributed by atoms with Gasteiger partial charge in [0.05, 0.1) is 32.8 Å². The molecule has 0 fully saturated rings. The standard InChI is InChI=1S/C9H17NO6S/c1-10(6-4-8(11)15-2)17(13,14)7-5-9(12)16-3/h4-7H2,1-3H3. The SMILES string of the molecule is COC(=O)CCN(C)S(=O)(=O)CCC(=O)OC. The van der Waals surface area contributed by atoms with E-state index in [-0.39, 0.29) is 25.1 Å². The smallest absolute Gasteiger partial charge is 0.306 e. The van der Waals surface area contributed by atoms with Crippen LogP contribution in [-0.2, 0) is 29.1 Å². The van der Waals surface area contributed by atoms with Gasteiger partial charge in [-0.3, -0.25) is 9.59 Å². The number of nitrogens with zero attached hydrogens (tertiary/aromatic N) is 1. The Morgan fingerprint density at radius 2 is 1.53 bits per heavy atom. The highest BCUT2D eigenvalue weighted by Crippen LogP contribution is 2.02. The molecule has 0 aromatic rings. The van der Waals surface area contributed by atoms with Crippen LogP contribution in [0.15, 0.2) is 0 Å². The summed E-state index contributed by atoms with van der Waals surface area (Å²) < 4.78 is 33.0. The highest BCUT2D eigenvalue weighted by atomic mass is 32.2. The minimum absolute atomic E-state index is 0.0234. The molecule has 100 valence electrons. The first kappa shape index (κ1) is 15.9. The van der Waals surface area contributed by atoms with Gasteiger partial charge in [0.15, 0.2) is 0 Å². The molecule has 0 unspecified atom stereocenters. The van der Waals surface area contributed by atoms with Crippen molar-refractivity contribution < 1.29 is 27.5 Å². The van der Waals surface area contributed by atoms with E-state index in [1.807, 2.05) is 0 Å². The molecule has 0 heterocycles.